The Hall–Kier alpha value is -2.59. The Bertz CT molecular complexity index is 1120. The molecular formula is C19H12Cl2N4OS. The molecule has 1 aromatic carbocycles. The van der Waals surface area contributed by atoms with Crippen LogP contribution in [-0.2, 0) is 0 Å². The van der Waals surface area contributed by atoms with Crippen molar-refractivity contribution < 1.29 is 4.42 Å². The first-order chi connectivity index (χ1) is 13.1. The van der Waals surface area contributed by atoms with E-state index < -0.39 is 0 Å². The number of aromatic nitrogens is 4. The lowest BCUT2D eigenvalue weighted by atomic mass is 10.1. The van der Waals surface area contributed by atoms with Crippen molar-refractivity contribution in [3.8, 4) is 22.6 Å². The van der Waals surface area contributed by atoms with Crippen LogP contribution in [-0.4, -0.2) is 20.0 Å². The van der Waals surface area contributed by atoms with Crippen LogP contribution in [0.1, 0.15) is 29.1 Å². The maximum atomic E-state index is 6.29. The highest BCUT2D eigenvalue weighted by atomic mass is 35.5. The fourth-order valence-electron chi connectivity index (χ4n) is 2.56. The molecule has 0 radical (unpaired) electrons. The van der Waals surface area contributed by atoms with Gasteiger partial charge in [0.15, 0.2) is 15.8 Å². The lowest BCUT2D eigenvalue weighted by molar-refractivity contribution is 0.565. The lowest BCUT2D eigenvalue weighted by Crippen LogP contribution is -2.08. The highest BCUT2D eigenvalue weighted by Gasteiger charge is 2.16. The van der Waals surface area contributed by atoms with Crippen molar-refractivity contribution in [2.24, 2.45) is 0 Å². The van der Waals surface area contributed by atoms with Gasteiger partial charge in [0.1, 0.15) is 0 Å². The average molecular weight is 415 g/mol. The van der Waals surface area contributed by atoms with E-state index in [0.717, 1.165) is 11.1 Å². The van der Waals surface area contributed by atoms with Crippen molar-refractivity contribution >= 4 is 34.5 Å². The molecule has 1 unspecified atom stereocenters. The largest absolute Gasteiger partial charge is 0.462 e. The summed E-state index contributed by atoms with van der Waals surface area (Å²) in [6, 6.07) is 8.98. The molecular weight excluding hydrogens is 403 g/mol. The number of hydrogen-bond donors (Lipinski definition) is 0. The molecule has 0 saturated heterocycles. The number of nitrogens with zero attached hydrogens (tertiary/aromatic N) is 4. The number of benzene rings is 1. The predicted molar refractivity (Wildman–Crippen MR) is 106 cm³/mol. The third kappa shape index (κ3) is 3.76. The molecule has 1 atom stereocenters. The van der Waals surface area contributed by atoms with Crippen LogP contribution in [0.25, 0.3) is 10.8 Å². The SMILES string of the molecule is CC(c1c(Cl)cccc1Cl)n1cc(C#Cc2nnc(-c3ccco3)s2)cn1. The summed E-state index contributed by atoms with van der Waals surface area (Å²) in [5.74, 6) is 6.74. The molecule has 0 aliphatic rings. The molecule has 0 amide bonds. The number of hydrogen-bond acceptors (Lipinski definition) is 5. The Labute approximate surface area is 169 Å². The molecule has 0 aliphatic heterocycles. The first-order valence-electron chi connectivity index (χ1n) is 7.99. The van der Waals surface area contributed by atoms with Gasteiger partial charge in [-0.25, -0.2) is 0 Å². The summed E-state index contributed by atoms with van der Waals surface area (Å²) >= 11 is 14.0. The minimum Gasteiger partial charge on any atom is -0.462 e. The van der Waals surface area contributed by atoms with Gasteiger partial charge in [-0.3, -0.25) is 4.68 Å². The van der Waals surface area contributed by atoms with E-state index in [0.29, 0.717) is 25.8 Å². The smallest absolute Gasteiger partial charge is 0.191 e. The van der Waals surface area contributed by atoms with E-state index in [9.17, 15) is 0 Å². The van der Waals surface area contributed by atoms with Gasteiger partial charge >= 0.3 is 0 Å². The summed E-state index contributed by atoms with van der Waals surface area (Å²) in [4.78, 5) is 0. The van der Waals surface area contributed by atoms with Crippen LogP contribution in [0.15, 0.2) is 53.4 Å². The van der Waals surface area contributed by atoms with Gasteiger partial charge in [0, 0.05) is 21.8 Å². The zero-order valence-corrected chi connectivity index (χ0v) is 16.4. The second kappa shape index (κ2) is 7.57. The Morgan fingerprint density at radius 3 is 2.67 bits per heavy atom. The van der Waals surface area contributed by atoms with Gasteiger partial charge in [0.2, 0.25) is 0 Å². The molecule has 0 fully saturated rings. The zero-order valence-electron chi connectivity index (χ0n) is 14.1. The Balaban J connectivity index is 1.55. The lowest BCUT2D eigenvalue weighted by Gasteiger charge is -2.15. The predicted octanol–water partition coefficient (Wildman–Crippen LogP) is 5.31. The maximum absolute atomic E-state index is 6.29. The van der Waals surface area contributed by atoms with Crippen LogP contribution < -0.4 is 0 Å². The second-order valence-corrected chi connectivity index (χ2v) is 7.45. The topological polar surface area (TPSA) is 56.7 Å². The van der Waals surface area contributed by atoms with Gasteiger partial charge in [0.05, 0.1) is 24.1 Å². The number of furan rings is 1. The summed E-state index contributed by atoms with van der Waals surface area (Å²) in [6.45, 7) is 1.98. The van der Waals surface area contributed by atoms with Crippen molar-refractivity contribution in [3.63, 3.8) is 0 Å². The second-order valence-electron chi connectivity index (χ2n) is 5.66. The molecule has 3 aromatic heterocycles. The molecule has 0 saturated carbocycles. The van der Waals surface area contributed by atoms with Crippen molar-refractivity contribution in [2.75, 3.05) is 0 Å². The number of rotatable bonds is 3. The Morgan fingerprint density at radius 2 is 1.93 bits per heavy atom. The first-order valence-corrected chi connectivity index (χ1v) is 9.56. The summed E-state index contributed by atoms with van der Waals surface area (Å²) in [7, 11) is 0. The van der Waals surface area contributed by atoms with Gasteiger partial charge in [-0.15, -0.1) is 10.2 Å². The molecule has 27 heavy (non-hydrogen) atoms. The highest BCUT2D eigenvalue weighted by Crippen LogP contribution is 2.32. The Morgan fingerprint density at radius 1 is 1.11 bits per heavy atom. The molecule has 3 heterocycles. The molecule has 5 nitrogen and oxygen atoms in total. The molecule has 8 heteroatoms. The van der Waals surface area contributed by atoms with E-state index >= 15 is 0 Å². The van der Waals surface area contributed by atoms with Crippen molar-refractivity contribution in [1.29, 1.82) is 0 Å². The summed E-state index contributed by atoms with van der Waals surface area (Å²) in [5, 5.41) is 15.1. The van der Waals surface area contributed by atoms with Crippen molar-refractivity contribution in [1.82, 2.24) is 20.0 Å². The Kier molecular flexibility index (Phi) is 4.99. The van der Waals surface area contributed by atoms with Gasteiger partial charge in [-0.05, 0) is 37.1 Å². The van der Waals surface area contributed by atoms with E-state index in [1.54, 1.807) is 17.1 Å². The van der Waals surface area contributed by atoms with Crippen molar-refractivity contribution in [3.05, 3.63) is 75.2 Å². The van der Waals surface area contributed by atoms with Crippen LogP contribution in [0.4, 0.5) is 0 Å². The number of halogens is 2. The average Bonchev–Trinajstić information content (AvgIpc) is 3.39. The summed E-state index contributed by atoms with van der Waals surface area (Å²) < 4.78 is 7.09. The third-order valence-electron chi connectivity index (χ3n) is 3.89. The van der Waals surface area contributed by atoms with E-state index in [4.69, 9.17) is 27.6 Å². The van der Waals surface area contributed by atoms with Crippen LogP contribution in [0.5, 0.6) is 0 Å². The maximum Gasteiger partial charge on any atom is 0.191 e. The van der Waals surface area contributed by atoms with E-state index in [1.165, 1.54) is 11.3 Å². The van der Waals surface area contributed by atoms with Gasteiger partial charge in [-0.1, -0.05) is 46.5 Å². The molecule has 0 bridgehead atoms. The zero-order chi connectivity index (χ0) is 18.8. The normalized spacial score (nSPS) is 11.8. The molecule has 0 N–H and O–H groups in total. The van der Waals surface area contributed by atoms with Gasteiger partial charge in [-0.2, -0.15) is 5.10 Å². The monoisotopic (exact) mass is 414 g/mol. The standard InChI is InChI=1S/C19H12Cl2N4OS/c1-12(18-14(20)4-2-5-15(18)21)25-11-13(10-22-25)7-8-17-23-24-19(27-17)16-6-3-9-26-16/h2-6,9-12H,1H3. The van der Waals surface area contributed by atoms with E-state index in [-0.39, 0.29) is 6.04 Å². The first kappa shape index (κ1) is 17.8. The fourth-order valence-corrected chi connectivity index (χ4v) is 3.93. The van der Waals surface area contributed by atoms with E-state index in [2.05, 4.69) is 27.1 Å². The molecule has 4 rings (SSSR count). The van der Waals surface area contributed by atoms with Crippen molar-refractivity contribution in [2.45, 2.75) is 13.0 Å². The minimum absolute atomic E-state index is 0.117. The van der Waals surface area contributed by atoms with Crippen LogP contribution in [0.2, 0.25) is 10.0 Å². The van der Waals surface area contributed by atoms with Crippen LogP contribution >= 0.6 is 34.5 Å². The van der Waals surface area contributed by atoms with Gasteiger partial charge < -0.3 is 4.42 Å². The fraction of sp³-hybridized carbons (Fsp3) is 0.105. The minimum atomic E-state index is -0.117. The highest BCUT2D eigenvalue weighted by molar-refractivity contribution is 7.15. The quantitative estimate of drug-likeness (QED) is 0.426. The van der Waals surface area contributed by atoms with Crippen LogP contribution in [0, 0.1) is 11.8 Å². The van der Waals surface area contributed by atoms with Crippen LogP contribution in [0.3, 0.4) is 0 Å². The summed E-state index contributed by atoms with van der Waals surface area (Å²) in [6.07, 6.45) is 5.15. The van der Waals surface area contributed by atoms with E-state index in [1.807, 2.05) is 43.5 Å². The van der Waals surface area contributed by atoms with Gasteiger partial charge in [0.25, 0.3) is 0 Å². The molecule has 4 aromatic rings. The molecule has 134 valence electrons. The third-order valence-corrected chi connectivity index (χ3v) is 5.40. The molecule has 0 aliphatic carbocycles. The molecule has 0 spiro atoms. The summed E-state index contributed by atoms with van der Waals surface area (Å²) in [5.41, 5.74) is 1.59.